The van der Waals surface area contributed by atoms with Crippen LogP contribution >= 0.6 is 23.2 Å². The SMILES string of the molecule is O=C1NC(=O)N(c2ccc(Cl)c(Cl)c2)C(=O)/C1=C/c1c(OCc2cccc(F)c2)ccc2ccccc12. The second-order valence-corrected chi connectivity index (χ2v) is 8.99. The molecule has 1 N–H and O–H groups in total. The number of barbiturate groups is 1. The summed E-state index contributed by atoms with van der Waals surface area (Å²) in [7, 11) is 0. The molecular formula is C28H17Cl2FN2O4. The van der Waals surface area contributed by atoms with Gasteiger partial charge in [0, 0.05) is 5.56 Å². The second-order valence-electron chi connectivity index (χ2n) is 8.17. The zero-order valence-electron chi connectivity index (χ0n) is 19.0. The van der Waals surface area contributed by atoms with Crippen molar-refractivity contribution in [3.05, 3.63) is 111 Å². The van der Waals surface area contributed by atoms with Crippen LogP contribution in [-0.2, 0) is 16.2 Å². The van der Waals surface area contributed by atoms with Crippen LogP contribution in [0.15, 0.2) is 84.4 Å². The topological polar surface area (TPSA) is 75.7 Å². The Hall–Kier alpha value is -4.20. The van der Waals surface area contributed by atoms with Gasteiger partial charge in [0.1, 0.15) is 23.7 Å². The average molecular weight is 535 g/mol. The number of nitrogens with one attached hydrogen (secondary N) is 1. The van der Waals surface area contributed by atoms with Crippen LogP contribution in [0, 0.1) is 5.82 Å². The quantitative estimate of drug-likeness (QED) is 0.233. The van der Waals surface area contributed by atoms with E-state index in [1.54, 1.807) is 18.2 Å². The van der Waals surface area contributed by atoms with Gasteiger partial charge in [-0.25, -0.2) is 14.1 Å². The Kier molecular flexibility index (Phi) is 6.65. The van der Waals surface area contributed by atoms with Crippen molar-refractivity contribution in [1.29, 1.82) is 0 Å². The van der Waals surface area contributed by atoms with Crippen molar-refractivity contribution in [1.82, 2.24) is 5.32 Å². The third kappa shape index (κ3) is 4.91. The zero-order chi connectivity index (χ0) is 26.1. The molecule has 1 aliphatic heterocycles. The van der Waals surface area contributed by atoms with Crippen LogP contribution in [0.1, 0.15) is 11.1 Å². The van der Waals surface area contributed by atoms with Crippen molar-refractivity contribution in [2.24, 2.45) is 0 Å². The minimum absolute atomic E-state index is 0.0559. The predicted octanol–water partition coefficient (Wildman–Crippen LogP) is 6.53. The van der Waals surface area contributed by atoms with E-state index in [0.29, 0.717) is 22.3 Å². The van der Waals surface area contributed by atoms with E-state index in [1.165, 1.54) is 36.4 Å². The number of anilines is 1. The van der Waals surface area contributed by atoms with Crippen molar-refractivity contribution in [2.75, 3.05) is 4.90 Å². The molecule has 1 saturated heterocycles. The van der Waals surface area contributed by atoms with Crippen molar-refractivity contribution in [2.45, 2.75) is 6.61 Å². The fraction of sp³-hybridized carbons (Fsp3) is 0.0357. The first-order valence-corrected chi connectivity index (χ1v) is 11.8. The summed E-state index contributed by atoms with van der Waals surface area (Å²) in [5.74, 6) is -1.71. The van der Waals surface area contributed by atoms with Gasteiger partial charge in [-0.2, -0.15) is 0 Å². The highest BCUT2D eigenvalue weighted by Crippen LogP contribution is 2.33. The number of hydrogen-bond acceptors (Lipinski definition) is 4. The van der Waals surface area contributed by atoms with E-state index in [1.807, 2.05) is 30.3 Å². The normalized spacial score (nSPS) is 14.8. The molecule has 9 heteroatoms. The summed E-state index contributed by atoms with van der Waals surface area (Å²) in [6, 6.07) is 20.3. The Labute approximate surface area is 220 Å². The lowest BCUT2D eigenvalue weighted by molar-refractivity contribution is -0.122. The molecule has 1 fully saturated rings. The summed E-state index contributed by atoms with van der Waals surface area (Å²) in [4.78, 5) is 39.6. The van der Waals surface area contributed by atoms with E-state index in [2.05, 4.69) is 5.32 Å². The summed E-state index contributed by atoms with van der Waals surface area (Å²) < 4.78 is 19.6. The number of imide groups is 2. The molecule has 184 valence electrons. The Morgan fingerprint density at radius 2 is 1.70 bits per heavy atom. The summed E-state index contributed by atoms with van der Waals surface area (Å²) in [5.41, 5.74) is 0.930. The molecule has 4 aromatic rings. The van der Waals surface area contributed by atoms with Gasteiger partial charge in [-0.15, -0.1) is 0 Å². The van der Waals surface area contributed by atoms with Crippen molar-refractivity contribution in [3.63, 3.8) is 0 Å². The third-order valence-corrected chi connectivity index (χ3v) is 6.50. The van der Waals surface area contributed by atoms with Gasteiger partial charge in [0.15, 0.2) is 0 Å². The third-order valence-electron chi connectivity index (χ3n) is 5.77. The maximum Gasteiger partial charge on any atom is 0.335 e. The highest BCUT2D eigenvalue weighted by Gasteiger charge is 2.37. The van der Waals surface area contributed by atoms with Gasteiger partial charge in [-0.05, 0) is 58.8 Å². The van der Waals surface area contributed by atoms with Crippen LogP contribution < -0.4 is 15.0 Å². The molecule has 0 saturated carbocycles. The van der Waals surface area contributed by atoms with Crippen LogP contribution in [0.3, 0.4) is 0 Å². The van der Waals surface area contributed by atoms with Crippen molar-refractivity contribution < 1.29 is 23.5 Å². The number of carbonyl (C=O) groups is 3. The Morgan fingerprint density at radius 1 is 0.892 bits per heavy atom. The Bertz CT molecular complexity index is 1620. The summed E-state index contributed by atoms with van der Waals surface area (Å²) >= 11 is 12.1. The van der Waals surface area contributed by atoms with Gasteiger partial charge in [0.2, 0.25) is 0 Å². The molecule has 0 bridgehead atoms. The highest BCUT2D eigenvalue weighted by atomic mass is 35.5. The maximum atomic E-state index is 13.6. The van der Waals surface area contributed by atoms with Gasteiger partial charge in [0.05, 0.1) is 15.7 Å². The van der Waals surface area contributed by atoms with Gasteiger partial charge in [-0.3, -0.25) is 14.9 Å². The molecule has 0 atom stereocenters. The number of carbonyl (C=O) groups excluding carboxylic acids is 3. The van der Waals surface area contributed by atoms with Crippen LogP contribution in [0.5, 0.6) is 5.75 Å². The molecule has 0 spiro atoms. The highest BCUT2D eigenvalue weighted by molar-refractivity contribution is 6.43. The van der Waals surface area contributed by atoms with Gasteiger partial charge in [-0.1, -0.05) is 65.7 Å². The molecule has 5 rings (SSSR count). The Morgan fingerprint density at radius 3 is 2.49 bits per heavy atom. The van der Waals surface area contributed by atoms with Gasteiger partial charge in [0.25, 0.3) is 11.8 Å². The van der Waals surface area contributed by atoms with Gasteiger partial charge >= 0.3 is 6.03 Å². The number of halogens is 3. The number of benzene rings is 4. The smallest absolute Gasteiger partial charge is 0.335 e. The molecule has 0 aliphatic carbocycles. The number of urea groups is 1. The van der Waals surface area contributed by atoms with E-state index in [-0.39, 0.29) is 27.9 Å². The van der Waals surface area contributed by atoms with Crippen molar-refractivity contribution >= 4 is 63.6 Å². The molecule has 37 heavy (non-hydrogen) atoms. The first kappa shape index (κ1) is 24.5. The lowest BCUT2D eigenvalue weighted by Crippen LogP contribution is -2.54. The minimum atomic E-state index is -0.911. The molecule has 1 aliphatic rings. The summed E-state index contributed by atoms with van der Waals surface area (Å²) in [6.45, 7) is 0.0559. The Balaban J connectivity index is 1.58. The first-order chi connectivity index (χ1) is 17.8. The van der Waals surface area contributed by atoms with Crippen LogP contribution in [0.4, 0.5) is 14.9 Å². The number of ether oxygens (including phenoxy) is 1. The number of fused-ring (bicyclic) bond motifs is 1. The second kappa shape index (κ2) is 10.0. The minimum Gasteiger partial charge on any atom is -0.488 e. The number of nitrogens with zero attached hydrogens (tertiary/aromatic N) is 1. The average Bonchev–Trinajstić information content (AvgIpc) is 2.87. The lowest BCUT2D eigenvalue weighted by Gasteiger charge is -2.26. The molecule has 0 unspecified atom stereocenters. The van der Waals surface area contributed by atoms with E-state index in [0.717, 1.165) is 10.3 Å². The van der Waals surface area contributed by atoms with Crippen molar-refractivity contribution in [3.8, 4) is 5.75 Å². The molecule has 4 amide bonds. The van der Waals surface area contributed by atoms with E-state index >= 15 is 0 Å². The summed E-state index contributed by atoms with van der Waals surface area (Å²) in [6.07, 6.45) is 1.39. The summed E-state index contributed by atoms with van der Waals surface area (Å²) in [5, 5.41) is 4.14. The molecule has 4 aromatic carbocycles. The largest absolute Gasteiger partial charge is 0.488 e. The van der Waals surface area contributed by atoms with Gasteiger partial charge < -0.3 is 4.74 Å². The first-order valence-electron chi connectivity index (χ1n) is 11.1. The van der Waals surface area contributed by atoms with Crippen LogP contribution in [0.25, 0.3) is 16.8 Å². The van der Waals surface area contributed by atoms with Crippen LogP contribution in [-0.4, -0.2) is 17.8 Å². The molecule has 6 nitrogen and oxygen atoms in total. The molecule has 1 heterocycles. The fourth-order valence-corrected chi connectivity index (χ4v) is 4.29. The zero-order valence-corrected chi connectivity index (χ0v) is 20.5. The number of hydrogen-bond donors (Lipinski definition) is 1. The molecular weight excluding hydrogens is 518 g/mol. The van der Waals surface area contributed by atoms with E-state index < -0.39 is 23.7 Å². The lowest BCUT2D eigenvalue weighted by atomic mass is 9.99. The monoisotopic (exact) mass is 534 g/mol. The van der Waals surface area contributed by atoms with E-state index in [4.69, 9.17) is 27.9 Å². The fourth-order valence-electron chi connectivity index (χ4n) is 4.00. The van der Waals surface area contributed by atoms with Crippen LogP contribution in [0.2, 0.25) is 10.0 Å². The molecule has 0 radical (unpaired) electrons. The van der Waals surface area contributed by atoms with E-state index in [9.17, 15) is 18.8 Å². The standard InChI is InChI=1S/C28H17Cl2FN2O4/c29-23-10-9-19(13-24(23)30)33-27(35)22(26(34)32-28(33)36)14-21-20-7-2-1-5-17(20)8-11-25(21)37-15-16-4-3-6-18(31)12-16/h1-14H,15H2,(H,32,34,36)/b22-14+. The number of rotatable bonds is 5. The number of amides is 4. The predicted molar refractivity (Wildman–Crippen MR) is 140 cm³/mol. The molecule has 0 aromatic heterocycles. The maximum absolute atomic E-state index is 13.6.